The van der Waals surface area contributed by atoms with E-state index >= 15 is 0 Å². The normalized spacial score (nSPS) is 11.1. The van der Waals surface area contributed by atoms with Crippen LogP contribution in [0.2, 0.25) is 0 Å². The minimum atomic E-state index is -3.54. The smallest absolute Gasteiger partial charge is 0.337 e. The second kappa shape index (κ2) is 8.59. The topological polar surface area (TPSA) is 81.7 Å². The molecule has 2 aromatic carbocycles. The Morgan fingerprint density at radius 3 is 2.32 bits per heavy atom. The Morgan fingerprint density at radius 1 is 1.08 bits per heavy atom. The Balaban J connectivity index is 1.81. The van der Waals surface area contributed by atoms with Crippen molar-refractivity contribution < 1.29 is 27.1 Å². The Hall–Kier alpha value is -2.45. The largest absolute Gasteiger partial charge is 0.492 e. The van der Waals surface area contributed by atoms with Gasteiger partial charge in [0, 0.05) is 6.54 Å². The second-order valence-corrected chi connectivity index (χ2v) is 6.95. The van der Waals surface area contributed by atoms with Gasteiger partial charge >= 0.3 is 5.97 Å². The minimum Gasteiger partial charge on any atom is -0.492 e. The molecule has 1 N–H and O–H groups in total. The van der Waals surface area contributed by atoms with Crippen LogP contribution < -0.4 is 9.46 Å². The zero-order valence-electron chi connectivity index (χ0n) is 13.6. The van der Waals surface area contributed by atoms with E-state index in [1.54, 1.807) is 12.1 Å². The van der Waals surface area contributed by atoms with E-state index in [0.29, 0.717) is 16.9 Å². The molecule has 2 rings (SSSR count). The monoisotopic (exact) mass is 367 g/mol. The third kappa shape index (κ3) is 6.17. The Bertz CT molecular complexity index is 804. The highest BCUT2D eigenvalue weighted by atomic mass is 32.2. The molecule has 0 saturated heterocycles. The lowest BCUT2D eigenvalue weighted by molar-refractivity contribution is 0.0600. The first-order valence-corrected chi connectivity index (χ1v) is 9.08. The first kappa shape index (κ1) is 18.9. The van der Waals surface area contributed by atoms with Gasteiger partial charge < -0.3 is 9.47 Å². The molecule has 0 saturated carbocycles. The summed E-state index contributed by atoms with van der Waals surface area (Å²) in [5, 5.41) is 0. The highest BCUT2D eigenvalue weighted by molar-refractivity contribution is 7.88. The molecule has 25 heavy (non-hydrogen) atoms. The minimum absolute atomic E-state index is 0.0833. The fourth-order valence-corrected chi connectivity index (χ4v) is 3.15. The molecule has 0 heterocycles. The zero-order chi connectivity index (χ0) is 18.3. The molecule has 0 fully saturated rings. The second-order valence-electron chi connectivity index (χ2n) is 5.14. The lowest BCUT2D eigenvalue weighted by atomic mass is 10.1. The van der Waals surface area contributed by atoms with Crippen LogP contribution in [0.4, 0.5) is 4.39 Å². The summed E-state index contributed by atoms with van der Waals surface area (Å²) in [5.41, 5.74) is 0.893. The Morgan fingerprint density at radius 2 is 1.72 bits per heavy atom. The molecule has 0 aliphatic rings. The van der Waals surface area contributed by atoms with Crippen LogP contribution in [0.5, 0.6) is 5.75 Å². The molecule has 2 aromatic rings. The fourth-order valence-electron chi connectivity index (χ4n) is 2.02. The third-order valence-electron chi connectivity index (χ3n) is 3.24. The van der Waals surface area contributed by atoms with Crippen molar-refractivity contribution in [1.29, 1.82) is 0 Å². The molecule has 8 heteroatoms. The molecule has 0 radical (unpaired) electrons. The van der Waals surface area contributed by atoms with Gasteiger partial charge in [0.2, 0.25) is 10.0 Å². The van der Waals surface area contributed by atoms with Gasteiger partial charge in [0.1, 0.15) is 18.2 Å². The molecular weight excluding hydrogens is 349 g/mol. The summed E-state index contributed by atoms with van der Waals surface area (Å²) in [6.45, 7) is 0.200. The lowest BCUT2D eigenvalue weighted by Crippen LogP contribution is -2.29. The van der Waals surface area contributed by atoms with Crippen molar-refractivity contribution in [2.75, 3.05) is 20.3 Å². The number of nitrogens with one attached hydrogen (secondary N) is 1. The van der Waals surface area contributed by atoms with Crippen molar-refractivity contribution in [1.82, 2.24) is 4.72 Å². The van der Waals surface area contributed by atoms with Crippen LogP contribution in [0.25, 0.3) is 0 Å². The van der Waals surface area contributed by atoms with Gasteiger partial charge in [-0.15, -0.1) is 0 Å². The van der Waals surface area contributed by atoms with Crippen LogP contribution in [0, 0.1) is 5.82 Å². The van der Waals surface area contributed by atoms with Crippen LogP contribution in [0.15, 0.2) is 48.5 Å². The van der Waals surface area contributed by atoms with E-state index in [1.165, 1.54) is 43.5 Å². The summed E-state index contributed by atoms with van der Waals surface area (Å²) in [6.07, 6.45) is 0. The van der Waals surface area contributed by atoms with E-state index < -0.39 is 16.0 Å². The molecule has 0 atom stereocenters. The standard InChI is InChI=1S/C17H18FNO5S/c1-23-17(20)14-4-2-13(3-5-14)12-25(21,22)19-10-11-24-16-8-6-15(18)7-9-16/h2-9,19H,10-12H2,1H3. The van der Waals surface area contributed by atoms with E-state index in [2.05, 4.69) is 9.46 Å². The molecule has 134 valence electrons. The summed E-state index contributed by atoms with van der Waals surface area (Å²) in [4.78, 5) is 11.3. The van der Waals surface area contributed by atoms with Crippen molar-refractivity contribution in [2.24, 2.45) is 0 Å². The predicted molar refractivity (Wildman–Crippen MR) is 90.3 cm³/mol. The number of hydrogen-bond acceptors (Lipinski definition) is 5. The van der Waals surface area contributed by atoms with Crippen molar-refractivity contribution >= 4 is 16.0 Å². The number of sulfonamides is 1. The summed E-state index contributed by atoms with van der Waals surface area (Å²) in [5.74, 6) is -0.610. The van der Waals surface area contributed by atoms with Gasteiger partial charge in [-0.2, -0.15) is 0 Å². The maximum Gasteiger partial charge on any atom is 0.337 e. The van der Waals surface area contributed by atoms with E-state index in [-0.39, 0.29) is 24.7 Å². The number of halogens is 1. The van der Waals surface area contributed by atoms with Gasteiger partial charge in [0.15, 0.2) is 0 Å². The Kier molecular flexibility index (Phi) is 6.49. The molecule has 0 spiro atoms. The summed E-state index contributed by atoms with van der Waals surface area (Å²) >= 11 is 0. The molecule has 0 amide bonds. The molecule has 0 aliphatic heterocycles. The highest BCUT2D eigenvalue weighted by Gasteiger charge is 2.12. The lowest BCUT2D eigenvalue weighted by Gasteiger charge is -2.09. The maximum atomic E-state index is 12.8. The third-order valence-corrected chi connectivity index (χ3v) is 4.60. The van der Waals surface area contributed by atoms with Crippen molar-refractivity contribution in [2.45, 2.75) is 5.75 Å². The van der Waals surface area contributed by atoms with E-state index in [9.17, 15) is 17.6 Å². The van der Waals surface area contributed by atoms with E-state index in [0.717, 1.165) is 0 Å². The Labute approximate surface area is 145 Å². The van der Waals surface area contributed by atoms with Crippen molar-refractivity contribution in [3.63, 3.8) is 0 Å². The number of ether oxygens (including phenoxy) is 2. The zero-order valence-corrected chi connectivity index (χ0v) is 14.4. The average Bonchev–Trinajstić information content (AvgIpc) is 2.60. The maximum absolute atomic E-state index is 12.8. The van der Waals surface area contributed by atoms with Gasteiger partial charge in [-0.3, -0.25) is 0 Å². The highest BCUT2D eigenvalue weighted by Crippen LogP contribution is 2.11. The van der Waals surface area contributed by atoms with Crippen LogP contribution in [-0.4, -0.2) is 34.6 Å². The molecule has 0 aromatic heterocycles. The van der Waals surface area contributed by atoms with Crippen LogP contribution in [-0.2, 0) is 20.5 Å². The van der Waals surface area contributed by atoms with Gasteiger partial charge in [0.05, 0.1) is 18.4 Å². The summed E-state index contributed by atoms with van der Waals surface area (Å²) in [6, 6.07) is 11.6. The number of hydrogen-bond donors (Lipinski definition) is 1. The number of rotatable bonds is 8. The van der Waals surface area contributed by atoms with Gasteiger partial charge in [-0.1, -0.05) is 12.1 Å². The number of carbonyl (C=O) groups is 1. The number of benzene rings is 2. The quantitative estimate of drug-likeness (QED) is 0.571. The average molecular weight is 367 g/mol. The molecule has 6 nitrogen and oxygen atoms in total. The van der Waals surface area contributed by atoms with Crippen LogP contribution >= 0.6 is 0 Å². The molecule has 0 unspecified atom stereocenters. The first-order valence-electron chi connectivity index (χ1n) is 7.42. The van der Waals surface area contributed by atoms with Gasteiger partial charge in [0.25, 0.3) is 0 Å². The molecule has 0 bridgehead atoms. The predicted octanol–water partition coefficient (Wildman–Crippen LogP) is 2.11. The number of carbonyl (C=O) groups excluding carboxylic acids is 1. The number of methoxy groups -OCH3 is 1. The molecule has 0 aliphatic carbocycles. The van der Waals surface area contributed by atoms with Crippen molar-refractivity contribution in [3.05, 3.63) is 65.5 Å². The van der Waals surface area contributed by atoms with E-state index in [4.69, 9.17) is 4.74 Å². The molecular formula is C17H18FNO5S. The van der Waals surface area contributed by atoms with Crippen LogP contribution in [0.3, 0.4) is 0 Å². The number of esters is 1. The first-order chi connectivity index (χ1) is 11.9. The SMILES string of the molecule is COC(=O)c1ccc(CS(=O)(=O)NCCOc2ccc(F)cc2)cc1. The van der Waals surface area contributed by atoms with Crippen LogP contribution in [0.1, 0.15) is 15.9 Å². The van der Waals surface area contributed by atoms with Gasteiger partial charge in [-0.05, 0) is 42.0 Å². The fraction of sp³-hybridized carbons (Fsp3) is 0.235. The summed E-state index contributed by atoms with van der Waals surface area (Å²) < 4.78 is 49.1. The van der Waals surface area contributed by atoms with Gasteiger partial charge in [-0.25, -0.2) is 22.3 Å². The van der Waals surface area contributed by atoms with E-state index in [1.807, 2.05) is 0 Å². The van der Waals surface area contributed by atoms with Crippen molar-refractivity contribution in [3.8, 4) is 5.75 Å². The summed E-state index contributed by atoms with van der Waals surface area (Å²) in [7, 11) is -2.26.